The molecule has 0 aliphatic rings. The van der Waals surface area contributed by atoms with E-state index in [1.165, 1.54) is 11.3 Å². The summed E-state index contributed by atoms with van der Waals surface area (Å²) in [5.41, 5.74) is 0. The van der Waals surface area contributed by atoms with Crippen molar-refractivity contribution in [3.8, 4) is 6.07 Å². The summed E-state index contributed by atoms with van der Waals surface area (Å²) in [6, 6.07) is 5.85. The molecule has 1 rings (SSSR count). The molecular formula is C10H12N2OS. The number of anilines is 1. The van der Waals surface area contributed by atoms with E-state index in [9.17, 15) is 4.79 Å². The first-order valence-corrected chi connectivity index (χ1v) is 5.30. The van der Waals surface area contributed by atoms with Crippen LogP contribution in [0.4, 0.5) is 5.00 Å². The highest BCUT2D eigenvalue weighted by Crippen LogP contribution is 2.24. The Balaban J connectivity index is 2.69. The van der Waals surface area contributed by atoms with Gasteiger partial charge in [0.1, 0.15) is 0 Å². The Bertz CT molecular complexity index is 340. The van der Waals surface area contributed by atoms with Gasteiger partial charge in [-0.25, -0.2) is 0 Å². The number of hydrogen-bond acceptors (Lipinski definition) is 4. The first-order chi connectivity index (χ1) is 6.81. The zero-order valence-corrected chi connectivity index (χ0v) is 8.88. The van der Waals surface area contributed by atoms with Crippen molar-refractivity contribution in [1.29, 1.82) is 5.26 Å². The Labute approximate surface area is 87.6 Å². The van der Waals surface area contributed by atoms with E-state index in [4.69, 9.17) is 5.26 Å². The molecule has 0 amide bonds. The predicted octanol–water partition coefficient (Wildman–Crippen LogP) is 2.30. The zero-order valence-electron chi connectivity index (χ0n) is 8.06. The second kappa shape index (κ2) is 5.40. The summed E-state index contributed by atoms with van der Waals surface area (Å²) in [7, 11) is 0. The van der Waals surface area contributed by atoms with Crippen molar-refractivity contribution in [1.82, 2.24) is 0 Å². The molecule has 0 aromatic carbocycles. The maximum absolute atomic E-state index is 10.5. The number of hydrogen-bond donors (Lipinski definition) is 0. The van der Waals surface area contributed by atoms with Gasteiger partial charge in [0, 0.05) is 13.1 Å². The Morgan fingerprint density at radius 3 is 2.93 bits per heavy atom. The smallest absolute Gasteiger partial charge is 0.160 e. The summed E-state index contributed by atoms with van der Waals surface area (Å²) < 4.78 is 0. The number of rotatable bonds is 5. The van der Waals surface area contributed by atoms with E-state index in [0.29, 0.717) is 6.42 Å². The minimum Gasteiger partial charge on any atom is -0.363 e. The van der Waals surface area contributed by atoms with Gasteiger partial charge >= 0.3 is 0 Å². The van der Waals surface area contributed by atoms with Crippen LogP contribution < -0.4 is 4.90 Å². The lowest BCUT2D eigenvalue weighted by Crippen LogP contribution is -2.22. The van der Waals surface area contributed by atoms with Crippen molar-refractivity contribution < 1.29 is 4.79 Å². The van der Waals surface area contributed by atoms with E-state index in [2.05, 4.69) is 11.0 Å². The molecule has 0 saturated carbocycles. The third-order valence-electron chi connectivity index (χ3n) is 1.92. The van der Waals surface area contributed by atoms with Gasteiger partial charge in [-0.05, 0) is 19.1 Å². The maximum Gasteiger partial charge on any atom is 0.160 e. The highest BCUT2D eigenvalue weighted by atomic mass is 32.1. The molecule has 0 unspecified atom stereocenters. The molecule has 3 nitrogen and oxygen atoms in total. The number of nitriles is 1. The highest BCUT2D eigenvalue weighted by molar-refractivity contribution is 7.17. The van der Waals surface area contributed by atoms with E-state index >= 15 is 0 Å². The number of aldehydes is 1. The lowest BCUT2D eigenvalue weighted by Gasteiger charge is -2.18. The molecule has 0 aliphatic carbocycles. The molecule has 0 spiro atoms. The van der Waals surface area contributed by atoms with Crippen LogP contribution in [0.25, 0.3) is 0 Å². The van der Waals surface area contributed by atoms with Gasteiger partial charge in [0.25, 0.3) is 0 Å². The lowest BCUT2D eigenvalue weighted by atomic mass is 10.4. The fourth-order valence-corrected chi connectivity index (χ4v) is 2.10. The fraction of sp³-hybridized carbons (Fsp3) is 0.400. The molecular weight excluding hydrogens is 196 g/mol. The summed E-state index contributed by atoms with van der Waals surface area (Å²) >= 11 is 1.46. The fourth-order valence-electron chi connectivity index (χ4n) is 1.18. The van der Waals surface area contributed by atoms with Crippen molar-refractivity contribution in [2.24, 2.45) is 0 Å². The average Bonchev–Trinajstić information content (AvgIpc) is 2.68. The second-order valence-corrected chi connectivity index (χ2v) is 3.88. The predicted molar refractivity (Wildman–Crippen MR) is 57.8 cm³/mol. The topological polar surface area (TPSA) is 44.1 Å². The summed E-state index contributed by atoms with van der Waals surface area (Å²) in [5, 5.41) is 9.54. The molecule has 1 heterocycles. The summed E-state index contributed by atoms with van der Waals surface area (Å²) in [6.45, 7) is 3.63. The number of nitrogens with zero attached hydrogens (tertiary/aromatic N) is 2. The Hall–Kier alpha value is -1.34. The third kappa shape index (κ3) is 2.57. The maximum atomic E-state index is 10.5. The summed E-state index contributed by atoms with van der Waals surface area (Å²) in [6.07, 6.45) is 1.37. The van der Waals surface area contributed by atoms with E-state index in [1.807, 2.05) is 19.1 Å². The van der Waals surface area contributed by atoms with Crippen molar-refractivity contribution in [3.63, 3.8) is 0 Å². The van der Waals surface area contributed by atoms with Crippen molar-refractivity contribution >= 4 is 22.6 Å². The average molecular weight is 208 g/mol. The molecule has 0 aliphatic heterocycles. The van der Waals surface area contributed by atoms with Crippen LogP contribution in [0.3, 0.4) is 0 Å². The molecule has 0 saturated heterocycles. The van der Waals surface area contributed by atoms with Gasteiger partial charge in [-0.1, -0.05) is 0 Å². The van der Waals surface area contributed by atoms with Gasteiger partial charge in [-0.3, -0.25) is 4.79 Å². The van der Waals surface area contributed by atoms with Crippen molar-refractivity contribution in [3.05, 3.63) is 17.0 Å². The quantitative estimate of drug-likeness (QED) is 0.697. The van der Waals surface area contributed by atoms with Gasteiger partial charge < -0.3 is 4.90 Å². The van der Waals surface area contributed by atoms with E-state index in [0.717, 1.165) is 29.3 Å². The Morgan fingerprint density at radius 2 is 2.43 bits per heavy atom. The van der Waals surface area contributed by atoms with E-state index < -0.39 is 0 Å². The molecule has 74 valence electrons. The molecule has 0 atom stereocenters. The number of thiophene rings is 1. The first kappa shape index (κ1) is 10.7. The lowest BCUT2D eigenvalue weighted by molar-refractivity contribution is 0.112. The van der Waals surface area contributed by atoms with Crippen LogP contribution in [0, 0.1) is 11.3 Å². The summed E-state index contributed by atoms with van der Waals surface area (Å²) in [5.74, 6) is 0. The van der Waals surface area contributed by atoms with Gasteiger partial charge in [0.05, 0.1) is 22.4 Å². The van der Waals surface area contributed by atoms with Gasteiger partial charge in [0.2, 0.25) is 0 Å². The van der Waals surface area contributed by atoms with Crippen LogP contribution in [0.15, 0.2) is 12.1 Å². The minimum atomic E-state index is 0.516. The Morgan fingerprint density at radius 1 is 1.64 bits per heavy atom. The molecule has 14 heavy (non-hydrogen) atoms. The molecule has 4 heteroatoms. The highest BCUT2D eigenvalue weighted by Gasteiger charge is 2.06. The van der Waals surface area contributed by atoms with Gasteiger partial charge in [-0.2, -0.15) is 5.26 Å². The number of carbonyl (C=O) groups is 1. The first-order valence-electron chi connectivity index (χ1n) is 4.48. The Kier molecular flexibility index (Phi) is 4.14. The monoisotopic (exact) mass is 208 g/mol. The number of carbonyl (C=O) groups excluding carboxylic acids is 1. The molecule has 0 radical (unpaired) electrons. The molecule has 0 bridgehead atoms. The third-order valence-corrected chi connectivity index (χ3v) is 2.99. The van der Waals surface area contributed by atoms with Crippen LogP contribution >= 0.6 is 11.3 Å². The standard InChI is InChI=1S/C10H12N2OS/c1-2-12(7-3-6-11)10-5-4-9(8-13)14-10/h4-5,8H,2-3,7H2,1H3. The minimum absolute atomic E-state index is 0.516. The van der Waals surface area contributed by atoms with Gasteiger partial charge in [0.15, 0.2) is 6.29 Å². The van der Waals surface area contributed by atoms with Crippen molar-refractivity contribution in [2.45, 2.75) is 13.3 Å². The van der Waals surface area contributed by atoms with Crippen LogP contribution in [0.2, 0.25) is 0 Å². The molecule has 1 aromatic heterocycles. The van der Waals surface area contributed by atoms with E-state index in [1.54, 1.807) is 0 Å². The van der Waals surface area contributed by atoms with Crippen LogP contribution in [0.1, 0.15) is 23.0 Å². The van der Waals surface area contributed by atoms with Crippen LogP contribution in [-0.2, 0) is 0 Å². The summed E-state index contributed by atoms with van der Waals surface area (Å²) in [4.78, 5) is 13.3. The van der Waals surface area contributed by atoms with Gasteiger partial charge in [-0.15, -0.1) is 11.3 Å². The second-order valence-electron chi connectivity index (χ2n) is 2.78. The molecule has 0 N–H and O–H groups in total. The largest absolute Gasteiger partial charge is 0.363 e. The van der Waals surface area contributed by atoms with Crippen molar-refractivity contribution in [2.75, 3.05) is 18.0 Å². The van der Waals surface area contributed by atoms with Crippen LogP contribution in [-0.4, -0.2) is 19.4 Å². The van der Waals surface area contributed by atoms with Crippen LogP contribution in [0.5, 0.6) is 0 Å². The molecule has 0 fully saturated rings. The normalized spacial score (nSPS) is 9.43. The SMILES string of the molecule is CCN(CCC#N)c1ccc(C=O)s1. The van der Waals surface area contributed by atoms with E-state index in [-0.39, 0.29) is 0 Å². The molecule has 1 aromatic rings. The zero-order chi connectivity index (χ0) is 10.4.